The van der Waals surface area contributed by atoms with Gasteiger partial charge in [0.25, 0.3) is 0 Å². The van der Waals surface area contributed by atoms with Crippen molar-refractivity contribution in [2.75, 3.05) is 26.3 Å². The minimum atomic E-state index is -0.562. The van der Waals surface area contributed by atoms with Crippen LogP contribution >= 0.6 is 0 Å². The molecule has 5 heteroatoms. The third kappa shape index (κ3) is 2.77. The molecular formula is C7H14N2O3. The summed E-state index contributed by atoms with van der Waals surface area (Å²) >= 11 is 0. The van der Waals surface area contributed by atoms with Crippen molar-refractivity contribution in [2.45, 2.75) is 13.0 Å². The van der Waals surface area contributed by atoms with Gasteiger partial charge in [-0.05, 0) is 6.92 Å². The quantitative estimate of drug-likeness (QED) is 0.589. The van der Waals surface area contributed by atoms with Crippen LogP contribution in [0.2, 0.25) is 0 Å². The van der Waals surface area contributed by atoms with E-state index in [4.69, 9.17) is 15.3 Å². The first-order valence-electron chi connectivity index (χ1n) is 4.00. The van der Waals surface area contributed by atoms with Crippen LogP contribution in [-0.2, 0) is 14.4 Å². The van der Waals surface area contributed by atoms with Crippen LogP contribution in [0, 0.1) is 0 Å². The van der Waals surface area contributed by atoms with Crippen LogP contribution in [0.25, 0.3) is 0 Å². The lowest BCUT2D eigenvalue weighted by molar-refractivity contribution is -0.206. The first kappa shape index (κ1) is 9.44. The zero-order valence-electron chi connectivity index (χ0n) is 7.16. The third-order valence-corrected chi connectivity index (χ3v) is 1.56. The Morgan fingerprint density at radius 2 is 2.17 bits per heavy atom. The molecule has 1 rings (SSSR count). The molecule has 70 valence electrons. The fourth-order valence-electron chi connectivity index (χ4n) is 0.848. The van der Waals surface area contributed by atoms with E-state index in [1.807, 2.05) is 0 Å². The Labute approximate surface area is 71.4 Å². The molecule has 5 nitrogen and oxygen atoms in total. The normalized spacial score (nSPS) is 21.8. The molecule has 12 heavy (non-hydrogen) atoms. The van der Waals surface area contributed by atoms with Gasteiger partial charge in [0.1, 0.15) is 6.04 Å². The van der Waals surface area contributed by atoms with Gasteiger partial charge in [0.2, 0.25) is 0 Å². The molecule has 0 aromatic carbocycles. The van der Waals surface area contributed by atoms with E-state index in [1.165, 1.54) is 0 Å². The maximum atomic E-state index is 11.0. The first-order valence-corrected chi connectivity index (χ1v) is 4.00. The van der Waals surface area contributed by atoms with Crippen molar-refractivity contribution in [2.24, 2.45) is 5.73 Å². The summed E-state index contributed by atoms with van der Waals surface area (Å²) in [6, 6.07) is -0.562. The van der Waals surface area contributed by atoms with E-state index < -0.39 is 12.0 Å². The Kier molecular flexibility index (Phi) is 3.46. The molecule has 1 heterocycles. The molecule has 1 aliphatic rings. The van der Waals surface area contributed by atoms with E-state index in [-0.39, 0.29) is 0 Å². The molecule has 0 amide bonds. The second-order valence-corrected chi connectivity index (χ2v) is 2.74. The van der Waals surface area contributed by atoms with Crippen LogP contribution in [-0.4, -0.2) is 43.4 Å². The van der Waals surface area contributed by atoms with Crippen LogP contribution in [0.1, 0.15) is 6.92 Å². The van der Waals surface area contributed by atoms with Gasteiger partial charge in [-0.2, -0.15) is 0 Å². The molecule has 1 fully saturated rings. The number of nitrogens with two attached hydrogens (primary N) is 1. The second kappa shape index (κ2) is 4.39. The average Bonchev–Trinajstić information content (AvgIpc) is 2.06. The van der Waals surface area contributed by atoms with E-state index in [0.29, 0.717) is 26.3 Å². The molecule has 0 aliphatic carbocycles. The number of carbonyl (C=O) groups excluding carboxylic acids is 1. The summed E-state index contributed by atoms with van der Waals surface area (Å²) in [6.45, 7) is 4.05. The molecule has 1 aliphatic heterocycles. The lowest BCUT2D eigenvalue weighted by Crippen LogP contribution is -2.41. The minimum absolute atomic E-state index is 0.392. The summed E-state index contributed by atoms with van der Waals surface area (Å²) in [5, 5.41) is 1.58. The highest BCUT2D eigenvalue weighted by Gasteiger charge is 2.17. The minimum Gasteiger partial charge on any atom is -0.379 e. The van der Waals surface area contributed by atoms with Gasteiger partial charge in [-0.15, -0.1) is 5.06 Å². The third-order valence-electron chi connectivity index (χ3n) is 1.56. The molecule has 0 aromatic heterocycles. The number of hydroxylamine groups is 2. The smallest absolute Gasteiger partial charge is 0.341 e. The fraction of sp³-hybridized carbons (Fsp3) is 0.857. The fourth-order valence-corrected chi connectivity index (χ4v) is 0.848. The number of hydrogen-bond donors (Lipinski definition) is 1. The highest BCUT2D eigenvalue weighted by atomic mass is 16.7. The second-order valence-electron chi connectivity index (χ2n) is 2.74. The molecule has 1 saturated heterocycles. The van der Waals surface area contributed by atoms with E-state index in [0.717, 1.165) is 0 Å². The van der Waals surface area contributed by atoms with Crippen molar-refractivity contribution in [1.82, 2.24) is 5.06 Å². The summed E-state index contributed by atoms with van der Waals surface area (Å²) in [4.78, 5) is 15.9. The Balaban J connectivity index is 2.24. The highest BCUT2D eigenvalue weighted by Crippen LogP contribution is 1.98. The number of rotatable bonds is 2. The summed E-state index contributed by atoms with van der Waals surface area (Å²) in [6.07, 6.45) is 0. The van der Waals surface area contributed by atoms with E-state index >= 15 is 0 Å². The van der Waals surface area contributed by atoms with Crippen molar-refractivity contribution in [3.63, 3.8) is 0 Å². The monoisotopic (exact) mass is 174 g/mol. The molecular weight excluding hydrogens is 160 g/mol. The van der Waals surface area contributed by atoms with Crippen LogP contribution in [0.3, 0.4) is 0 Å². The van der Waals surface area contributed by atoms with E-state index in [9.17, 15) is 4.79 Å². The number of hydrogen-bond acceptors (Lipinski definition) is 5. The first-order chi connectivity index (χ1) is 5.70. The Morgan fingerprint density at radius 3 is 2.67 bits per heavy atom. The Morgan fingerprint density at radius 1 is 1.58 bits per heavy atom. The standard InChI is InChI=1S/C7H14N2O3/c1-6(8)7(10)12-9-2-4-11-5-3-9/h6H,2-5,8H2,1H3/t6-/m0/s1. The van der Waals surface area contributed by atoms with Crippen molar-refractivity contribution < 1.29 is 14.4 Å². The van der Waals surface area contributed by atoms with Crippen molar-refractivity contribution in [3.8, 4) is 0 Å². The van der Waals surface area contributed by atoms with Gasteiger partial charge in [-0.1, -0.05) is 0 Å². The molecule has 1 atom stereocenters. The summed E-state index contributed by atoms with van der Waals surface area (Å²) in [7, 11) is 0. The zero-order valence-corrected chi connectivity index (χ0v) is 7.16. The zero-order chi connectivity index (χ0) is 8.97. The van der Waals surface area contributed by atoms with Gasteiger partial charge in [-0.25, -0.2) is 4.79 Å². The largest absolute Gasteiger partial charge is 0.379 e. The predicted octanol–water partition coefficient (Wildman–Crippen LogP) is -0.876. The maximum absolute atomic E-state index is 11.0. The van der Waals surface area contributed by atoms with Gasteiger partial charge in [0.15, 0.2) is 0 Å². The average molecular weight is 174 g/mol. The SMILES string of the molecule is C[C@H](N)C(=O)ON1CCOCC1. The van der Waals surface area contributed by atoms with E-state index in [2.05, 4.69) is 0 Å². The summed E-state index contributed by atoms with van der Waals surface area (Å²) in [5.41, 5.74) is 5.32. The highest BCUT2D eigenvalue weighted by molar-refractivity contribution is 5.74. The number of ether oxygens (including phenoxy) is 1. The van der Waals surface area contributed by atoms with Crippen LogP contribution in [0.5, 0.6) is 0 Å². The Hall–Kier alpha value is -0.650. The lowest BCUT2D eigenvalue weighted by atomic mass is 10.4. The van der Waals surface area contributed by atoms with Crippen LogP contribution < -0.4 is 5.73 Å². The van der Waals surface area contributed by atoms with Crippen LogP contribution in [0.15, 0.2) is 0 Å². The van der Waals surface area contributed by atoms with Crippen LogP contribution in [0.4, 0.5) is 0 Å². The molecule has 0 bridgehead atoms. The molecule has 0 spiro atoms. The van der Waals surface area contributed by atoms with E-state index in [1.54, 1.807) is 12.0 Å². The molecule has 0 radical (unpaired) electrons. The lowest BCUT2D eigenvalue weighted by Gasteiger charge is -2.25. The van der Waals surface area contributed by atoms with Gasteiger partial charge in [0, 0.05) is 0 Å². The molecule has 0 unspecified atom stereocenters. The number of carbonyl (C=O) groups is 1. The topological polar surface area (TPSA) is 64.8 Å². The van der Waals surface area contributed by atoms with Gasteiger partial charge in [0.05, 0.1) is 26.3 Å². The Bertz CT molecular complexity index is 155. The van der Waals surface area contributed by atoms with Gasteiger partial charge < -0.3 is 15.3 Å². The summed E-state index contributed by atoms with van der Waals surface area (Å²) in [5.74, 6) is -0.392. The molecule has 0 saturated carbocycles. The number of nitrogens with zero attached hydrogens (tertiary/aromatic N) is 1. The van der Waals surface area contributed by atoms with Crippen molar-refractivity contribution in [1.29, 1.82) is 0 Å². The number of morpholine rings is 1. The van der Waals surface area contributed by atoms with Gasteiger partial charge in [-0.3, -0.25) is 0 Å². The molecule has 2 N–H and O–H groups in total. The van der Waals surface area contributed by atoms with Crippen molar-refractivity contribution in [3.05, 3.63) is 0 Å². The predicted molar refractivity (Wildman–Crippen MR) is 42.1 cm³/mol. The summed E-state index contributed by atoms with van der Waals surface area (Å²) < 4.78 is 5.08. The maximum Gasteiger partial charge on any atom is 0.341 e. The molecule has 0 aromatic rings. The van der Waals surface area contributed by atoms with Crippen molar-refractivity contribution >= 4 is 5.97 Å². The van der Waals surface area contributed by atoms with Gasteiger partial charge >= 0.3 is 5.97 Å².